The van der Waals surface area contributed by atoms with E-state index in [1.165, 1.54) is 6.08 Å². The SMILES string of the molecule is CC(=CC(=O)O)CN1CCCC(C)(O)CC1. The average molecular weight is 227 g/mol. The molecule has 1 aliphatic heterocycles. The number of hydrogen-bond acceptors (Lipinski definition) is 3. The minimum absolute atomic E-state index is 0.556. The van der Waals surface area contributed by atoms with Gasteiger partial charge in [0.15, 0.2) is 0 Å². The molecule has 1 atom stereocenters. The summed E-state index contributed by atoms with van der Waals surface area (Å²) in [6.07, 6.45) is 3.80. The van der Waals surface area contributed by atoms with E-state index in [1.54, 1.807) is 0 Å². The first kappa shape index (κ1) is 13.2. The lowest BCUT2D eigenvalue weighted by Crippen LogP contribution is -2.29. The van der Waals surface area contributed by atoms with Crippen molar-refractivity contribution in [3.05, 3.63) is 11.6 Å². The van der Waals surface area contributed by atoms with Crippen molar-refractivity contribution in [1.29, 1.82) is 0 Å². The van der Waals surface area contributed by atoms with Gasteiger partial charge in [-0.2, -0.15) is 0 Å². The number of carboxylic acid groups (broad SMARTS) is 1. The van der Waals surface area contributed by atoms with Crippen LogP contribution in [-0.2, 0) is 4.79 Å². The maximum absolute atomic E-state index is 10.5. The van der Waals surface area contributed by atoms with Crippen molar-refractivity contribution in [3.8, 4) is 0 Å². The largest absolute Gasteiger partial charge is 0.478 e. The molecule has 1 saturated heterocycles. The summed E-state index contributed by atoms with van der Waals surface area (Å²) in [5.74, 6) is -0.890. The van der Waals surface area contributed by atoms with Gasteiger partial charge in [-0.05, 0) is 39.7 Å². The van der Waals surface area contributed by atoms with Gasteiger partial charge in [0.25, 0.3) is 0 Å². The third kappa shape index (κ3) is 4.77. The molecule has 0 aromatic carbocycles. The van der Waals surface area contributed by atoms with Crippen molar-refractivity contribution in [2.45, 2.75) is 38.7 Å². The first-order valence-corrected chi connectivity index (χ1v) is 5.74. The molecule has 1 unspecified atom stereocenters. The Morgan fingerprint density at radius 2 is 2.12 bits per heavy atom. The summed E-state index contributed by atoms with van der Waals surface area (Å²) in [4.78, 5) is 12.7. The third-order valence-corrected chi connectivity index (χ3v) is 3.00. The van der Waals surface area contributed by atoms with E-state index in [1.807, 2.05) is 13.8 Å². The highest BCUT2D eigenvalue weighted by molar-refractivity contribution is 5.80. The number of nitrogens with zero attached hydrogens (tertiary/aromatic N) is 1. The molecule has 0 amide bonds. The molecular weight excluding hydrogens is 206 g/mol. The van der Waals surface area contributed by atoms with Crippen LogP contribution in [0.15, 0.2) is 11.6 Å². The summed E-state index contributed by atoms with van der Waals surface area (Å²) >= 11 is 0. The van der Waals surface area contributed by atoms with Crippen LogP contribution < -0.4 is 0 Å². The quantitative estimate of drug-likeness (QED) is 0.712. The van der Waals surface area contributed by atoms with E-state index < -0.39 is 11.6 Å². The lowest BCUT2D eigenvalue weighted by atomic mass is 9.98. The van der Waals surface area contributed by atoms with Gasteiger partial charge in [0.1, 0.15) is 0 Å². The predicted octanol–water partition coefficient (Wildman–Crippen LogP) is 1.25. The summed E-state index contributed by atoms with van der Waals surface area (Å²) < 4.78 is 0. The number of aliphatic hydroxyl groups is 1. The highest BCUT2D eigenvalue weighted by Gasteiger charge is 2.24. The van der Waals surface area contributed by atoms with Gasteiger partial charge in [-0.1, -0.05) is 5.57 Å². The van der Waals surface area contributed by atoms with Crippen LogP contribution in [-0.4, -0.2) is 46.3 Å². The van der Waals surface area contributed by atoms with Crippen molar-refractivity contribution in [2.24, 2.45) is 0 Å². The molecule has 4 heteroatoms. The minimum Gasteiger partial charge on any atom is -0.478 e. The second-order valence-corrected chi connectivity index (χ2v) is 4.96. The summed E-state index contributed by atoms with van der Waals surface area (Å²) in [7, 11) is 0. The number of carbonyl (C=O) groups is 1. The van der Waals surface area contributed by atoms with Gasteiger partial charge in [0.2, 0.25) is 0 Å². The van der Waals surface area contributed by atoms with Gasteiger partial charge in [0.05, 0.1) is 5.60 Å². The maximum Gasteiger partial charge on any atom is 0.328 e. The number of hydrogen-bond donors (Lipinski definition) is 2. The molecule has 92 valence electrons. The van der Waals surface area contributed by atoms with E-state index in [0.717, 1.165) is 37.9 Å². The molecule has 4 nitrogen and oxygen atoms in total. The fourth-order valence-corrected chi connectivity index (χ4v) is 2.09. The molecule has 0 radical (unpaired) electrons. The Balaban J connectivity index is 2.47. The lowest BCUT2D eigenvalue weighted by molar-refractivity contribution is -0.131. The number of rotatable bonds is 3. The van der Waals surface area contributed by atoms with Crippen LogP contribution in [0.5, 0.6) is 0 Å². The Labute approximate surface area is 96.6 Å². The molecule has 16 heavy (non-hydrogen) atoms. The van der Waals surface area contributed by atoms with E-state index in [0.29, 0.717) is 6.54 Å². The molecule has 0 aromatic heterocycles. The molecule has 1 heterocycles. The minimum atomic E-state index is -0.890. The monoisotopic (exact) mass is 227 g/mol. The van der Waals surface area contributed by atoms with Crippen molar-refractivity contribution in [2.75, 3.05) is 19.6 Å². The van der Waals surface area contributed by atoms with Crippen molar-refractivity contribution in [1.82, 2.24) is 4.90 Å². The first-order valence-electron chi connectivity index (χ1n) is 5.74. The Kier molecular flexibility index (Phi) is 4.50. The normalized spacial score (nSPS) is 28.8. The zero-order chi connectivity index (χ0) is 12.2. The molecule has 0 bridgehead atoms. The Hall–Kier alpha value is -0.870. The summed E-state index contributed by atoms with van der Waals surface area (Å²) in [5, 5.41) is 18.5. The van der Waals surface area contributed by atoms with Gasteiger partial charge in [0, 0.05) is 19.2 Å². The molecule has 0 aromatic rings. The van der Waals surface area contributed by atoms with E-state index in [-0.39, 0.29) is 0 Å². The maximum atomic E-state index is 10.5. The zero-order valence-electron chi connectivity index (χ0n) is 10.1. The molecule has 1 rings (SSSR count). The van der Waals surface area contributed by atoms with E-state index >= 15 is 0 Å². The highest BCUT2D eigenvalue weighted by atomic mass is 16.4. The Bertz CT molecular complexity index is 284. The smallest absolute Gasteiger partial charge is 0.328 e. The van der Waals surface area contributed by atoms with Crippen LogP contribution in [0.2, 0.25) is 0 Å². The zero-order valence-corrected chi connectivity index (χ0v) is 10.1. The number of aliphatic carboxylic acids is 1. The lowest BCUT2D eigenvalue weighted by Gasteiger charge is -2.22. The Morgan fingerprint density at radius 3 is 2.75 bits per heavy atom. The van der Waals surface area contributed by atoms with E-state index in [4.69, 9.17) is 5.11 Å². The first-order chi connectivity index (χ1) is 7.39. The molecule has 2 N–H and O–H groups in total. The molecule has 1 fully saturated rings. The standard InChI is InChI=1S/C12H21NO3/c1-10(8-11(14)15)9-13-6-3-4-12(2,16)5-7-13/h8,16H,3-7,9H2,1-2H3,(H,14,15). The topological polar surface area (TPSA) is 60.8 Å². The van der Waals surface area contributed by atoms with Crippen LogP contribution >= 0.6 is 0 Å². The van der Waals surface area contributed by atoms with Gasteiger partial charge in [-0.3, -0.25) is 4.90 Å². The molecule has 0 saturated carbocycles. The highest BCUT2D eigenvalue weighted by Crippen LogP contribution is 2.21. The summed E-state index contributed by atoms with van der Waals surface area (Å²) in [6, 6.07) is 0. The van der Waals surface area contributed by atoms with Crippen LogP contribution in [0.3, 0.4) is 0 Å². The summed E-state index contributed by atoms with van der Waals surface area (Å²) in [5.41, 5.74) is 0.299. The van der Waals surface area contributed by atoms with Gasteiger partial charge in [-0.15, -0.1) is 0 Å². The fourth-order valence-electron chi connectivity index (χ4n) is 2.09. The van der Waals surface area contributed by atoms with E-state index in [9.17, 15) is 9.90 Å². The van der Waals surface area contributed by atoms with Crippen molar-refractivity contribution >= 4 is 5.97 Å². The average Bonchev–Trinajstić information content (AvgIpc) is 2.26. The van der Waals surface area contributed by atoms with Crippen LogP contribution in [0.4, 0.5) is 0 Å². The second-order valence-electron chi connectivity index (χ2n) is 4.96. The predicted molar refractivity (Wildman–Crippen MR) is 62.3 cm³/mol. The van der Waals surface area contributed by atoms with Crippen molar-refractivity contribution in [3.63, 3.8) is 0 Å². The van der Waals surface area contributed by atoms with Gasteiger partial charge >= 0.3 is 5.97 Å². The van der Waals surface area contributed by atoms with Crippen LogP contribution in [0.25, 0.3) is 0 Å². The fraction of sp³-hybridized carbons (Fsp3) is 0.750. The van der Waals surface area contributed by atoms with Gasteiger partial charge < -0.3 is 10.2 Å². The second kappa shape index (κ2) is 5.46. The summed E-state index contributed by atoms with van der Waals surface area (Å²) in [6.45, 7) is 6.15. The number of likely N-dealkylation sites (tertiary alicyclic amines) is 1. The van der Waals surface area contributed by atoms with E-state index in [2.05, 4.69) is 4.90 Å². The van der Waals surface area contributed by atoms with Gasteiger partial charge in [-0.25, -0.2) is 4.79 Å². The van der Waals surface area contributed by atoms with Crippen molar-refractivity contribution < 1.29 is 15.0 Å². The van der Waals surface area contributed by atoms with Crippen LogP contribution in [0, 0.1) is 0 Å². The third-order valence-electron chi connectivity index (χ3n) is 3.00. The van der Waals surface area contributed by atoms with Crippen LogP contribution in [0.1, 0.15) is 33.1 Å². The molecule has 1 aliphatic rings. The number of carboxylic acids is 1. The Morgan fingerprint density at radius 1 is 1.44 bits per heavy atom. The molecular formula is C12H21NO3. The molecule has 0 aliphatic carbocycles. The molecule has 0 spiro atoms.